The highest BCUT2D eigenvalue weighted by Crippen LogP contribution is 2.36. The van der Waals surface area contributed by atoms with Crippen molar-refractivity contribution in [2.45, 2.75) is 45.3 Å². The molecule has 0 atom stereocenters. The Kier molecular flexibility index (Phi) is 7.15. The molecular formula is C17H26N4O3Si. The van der Waals surface area contributed by atoms with E-state index < -0.39 is 14.3 Å². The number of hydrazine groups is 1. The van der Waals surface area contributed by atoms with Gasteiger partial charge in [-0.1, -0.05) is 20.8 Å². The molecule has 8 heteroatoms. The van der Waals surface area contributed by atoms with Crippen LogP contribution in [0.25, 0.3) is 0 Å². The normalized spacial score (nSPS) is 12.4. The number of hydrogen-bond donors (Lipinski definition) is 3. The van der Waals surface area contributed by atoms with Gasteiger partial charge in [-0.2, -0.15) is 5.26 Å². The van der Waals surface area contributed by atoms with Crippen LogP contribution in [0, 0.1) is 11.3 Å². The maximum Gasteiger partial charge on any atom is 0.333 e. The van der Waals surface area contributed by atoms with E-state index >= 15 is 0 Å². The molecule has 25 heavy (non-hydrogen) atoms. The summed E-state index contributed by atoms with van der Waals surface area (Å²) >= 11 is 0. The summed E-state index contributed by atoms with van der Waals surface area (Å²) in [4.78, 5) is 15.4. The molecule has 0 amide bonds. The quantitative estimate of drug-likeness (QED) is 0.370. The fraction of sp³-hybridized carbons (Fsp3) is 0.471. The molecule has 136 valence electrons. The number of carboxylic acids is 1. The first-order chi connectivity index (χ1) is 11.6. The first kappa shape index (κ1) is 20.7. The number of carbonyl (C=O) groups is 1. The molecule has 0 aliphatic rings. The van der Waals surface area contributed by atoms with Crippen LogP contribution >= 0.6 is 0 Å². The van der Waals surface area contributed by atoms with Crippen LogP contribution in [0.4, 0.5) is 5.82 Å². The van der Waals surface area contributed by atoms with Crippen LogP contribution in [0.3, 0.4) is 0 Å². The number of rotatable bonds is 8. The van der Waals surface area contributed by atoms with Crippen molar-refractivity contribution in [2.75, 3.05) is 12.0 Å². The monoisotopic (exact) mass is 362 g/mol. The summed E-state index contributed by atoms with van der Waals surface area (Å²) in [7, 11) is -1.90. The van der Waals surface area contributed by atoms with Gasteiger partial charge in [0.2, 0.25) is 0 Å². The molecule has 1 heterocycles. The van der Waals surface area contributed by atoms with E-state index in [2.05, 4.69) is 49.7 Å². The number of nitrogens with zero attached hydrogens (tertiary/aromatic N) is 2. The van der Waals surface area contributed by atoms with Gasteiger partial charge in [0.15, 0.2) is 8.32 Å². The van der Waals surface area contributed by atoms with Gasteiger partial charge in [-0.15, -0.1) is 0 Å². The number of nitrogens with one attached hydrogen (secondary N) is 2. The van der Waals surface area contributed by atoms with Crippen molar-refractivity contribution in [3.63, 3.8) is 0 Å². The summed E-state index contributed by atoms with van der Waals surface area (Å²) in [6, 6.07) is 5.15. The number of carboxylic acid groups (broad SMARTS) is 1. The average molecular weight is 363 g/mol. The Balaban J connectivity index is 2.60. The summed E-state index contributed by atoms with van der Waals surface area (Å²) in [5, 5.41) is 18.2. The molecule has 0 radical (unpaired) electrons. The Bertz CT molecular complexity index is 675. The smallest absolute Gasteiger partial charge is 0.333 e. The highest BCUT2D eigenvalue weighted by atomic mass is 28.4. The van der Waals surface area contributed by atoms with E-state index in [9.17, 15) is 9.90 Å². The molecule has 1 aromatic rings. The molecule has 0 unspecified atom stereocenters. The molecule has 1 aromatic heterocycles. The number of aromatic nitrogens is 1. The molecule has 0 aliphatic carbocycles. The predicted octanol–water partition coefficient (Wildman–Crippen LogP) is 3.25. The average Bonchev–Trinajstić information content (AvgIpc) is 2.52. The van der Waals surface area contributed by atoms with E-state index in [0.29, 0.717) is 24.4 Å². The Morgan fingerprint density at radius 2 is 2.16 bits per heavy atom. The predicted molar refractivity (Wildman–Crippen MR) is 99.2 cm³/mol. The lowest BCUT2D eigenvalue weighted by molar-refractivity contribution is -0.132. The molecule has 0 saturated heterocycles. The number of nitriles is 1. The Labute approximate surface area is 149 Å². The number of pyridine rings is 1. The summed E-state index contributed by atoms with van der Waals surface area (Å²) in [6.07, 6.45) is 3.16. The second-order valence-corrected chi connectivity index (χ2v) is 12.0. The molecule has 0 saturated carbocycles. The zero-order valence-electron chi connectivity index (χ0n) is 15.4. The van der Waals surface area contributed by atoms with Crippen LogP contribution in [-0.4, -0.2) is 31.0 Å². The number of anilines is 1. The highest BCUT2D eigenvalue weighted by molar-refractivity contribution is 6.74. The highest BCUT2D eigenvalue weighted by Gasteiger charge is 2.36. The van der Waals surface area contributed by atoms with Gasteiger partial charge in [-0.25, -0.2) is 9.78 Å². The van der Waals surface area contributed by atoms with Gasteiger partial charge < -0.3 is 15.0 Å². The topological polar surface area (TPSA) is 107 Å². The third-order valence-corrected chi connectivity index (χ3v) is 8.79. The van der Waals surface area contributed by atoms with Crippen LogP contribution in [-0.2, 0) is 9.22 Å². The zero-order valence-corrected chi connectivity index (χ0v) is 16.4. The van der Waals surface area contributed by atoms with Crippen molar-refractivity contribution in [1.82, 2.24) is 10.4 Å². The second kappa shape index (κ2) is 8.64. The van der Waals surface area contributed by atoms with Gasteiger partial charge >= 0.3 is 5.97 Å². The third-order valence-electron chi connectivity index (χ3n) is 4.25. The number of aliphatic carboxylic acids is 1. The molecule has 0 bridgehead atoms. The van der Waals surface area contributed by atoms with E-state index in [4.69, 9.17) is 9.69 Å². The van der Waals surface area contributed by atoms with Gasteiger partial charge in [0, 0.05) is 25.4 Å². The fourth-order valence-corrected chi connectivity index (χ4v) is 2.68. The van der Waals surface area contributed by atoms with E-state index in [1.54, 1.807) is 12.1 Å². The van der Waals surface area contributed by atoms with Gasteiger partial charge in [0.05, 0.1) is 17.2 Å². The van der Waals surface area contributed by atoms with E-state index in [0.717, 1.165) is 0 Å². The lowest BCUT2D eigenvalue weighted by atomic mass is 10.2. The summed E-state index contributed by atoms with van der Waals surface area (Å²) in [6.45, 7) is 11.0. The van der Waals surface area contributed by atoms with Crippen molar-refractivity contribution in [2.24, 2.45) is 0 Å². The maximum atomic E-state index is 11.4. The molecule has 1 rings (SSSR count). The van der Waals surface area contributed by atoms with Gasteiger partial charge in [0.25, 0.3) is 0 Å². The van der Waals surface area contributed by atoms with Gasteiger partial charge in [-0.05, 0) is 30.3 Å². The first-order valence-corrected chi connectivity index (χ1v) is 10.9. The van der Waals surface area contributed by atoms with Crippen molar-refractivity contribution < 1.29 is 14.3 Å². The minimum absolute atomic E-state index is 0.0807. The van der Waals surface area contributed by atoms with Gasteiger partial charge in [-0.3, -0.25) is 5.43 Å². The molecule has 0 spiro atoms. The summed E-state index contributed by atoms with van der Waals surface area (Å²) in [5.74, 6) is -0.579. The van der Waals surface area contributed by atoms with Crippen LogP contribution in [0.5, 0.6) is 0 Å². The van der Waals surface area contributed by atoms with Crippen molar-refractivity contribution >= 4 is 20.1 Å². The van der Waals surface area contributed by atoms with Crippen molar-refractivity contribution in [1.29, 1.82) is 5.26 Å². The Hall–Kier alpha value is -2.37. The molecule has 0 aliphatic heterocycles. The lowest BCUT2D eigenvalue weighted by Crippen LogP contribution is -2.41. The lowest BCUT2D eigenvalue weighted by Gasteiger charge is -2.36. The third kappa shape index (κ3) is 6.56. The fourth-order valence-electron chi connectivity index (χ4n) is 1.64. The Morgan fingerprint density at radius 3 is 2.72 bits per heavy atom. The van der Waals surface area contributed by atoms with Crippen LogP contribution in [0.15, 0.2) is 30.1 Å². The largest absolute Gasteiger partial charge is 0.478 e. The van der Waals surface area contributed by atoms with E-state index in [1.165, 1.54) is 12.4 Å². The van der Waals surface area contributed by atoms with Crippen molar-refractivity contribution in [3.05, 3.63) is 35.7 Å². The van der Waals surface area contributed by atoms with Gasteiger partial charge in [0.1, 0.15) is 5.82 Å². The first-order valence-electron chi connectivity index (χ1n) is 8.01. The maximum absolute atomic E-state index is 11.4. The minimum Gasteiger partial charge on any atom is -0.478 e. The van der Waals surface area contributed by atoms with E-state index in [1.807, 2.05) is 6.07 Å². The molecule has 0 aromatic carbocycles. The van der Waals surface area contributed by atoms with Crippen LogP contribution < -0.4 is 10.9 Å². The van der Waals surface area contributed by atoms with E-state index in [-0.39, 0.29) is 10.6 Å². The minimum atomic E-state index is -1.90. The standard InChI is InChI=1S/C17H26N4O3Si/c1-17(2,3)25(4,5)24-9-7-14(16(22)23)12-20-21-15-10-13(11-18)6-8-19-15/h6,8,10,12,20H,7,9H2,1-5H3,(H,19,21)(H,22,23). The van der Waals surface area contributed by atoms with Crippen LogP contribution in [0.2, 0.25) is 18.1 Å². The molecule has 7 nitrogen and oxygen atoms in total. The molecule has 3 N–H and O–H groups in total. The van der Waals surface area contributed by atoms with Crippen LogP contribution in [0.1, 0.15) is 32.8 Å². The molecular weight excluding hydrogens is 336 g/mol. The molecule has 0 fully saturated rings. The number of hydrogen-bond acceptors (Lipinski definition) is 6. The Morgan fingerprint density at radius 1 is 1.48 bits per heavy atom. The zero-order chi connectivity index (χ0) is 19.1. The summed E-state index contributed by atoms with van der Waals surface area (Å²) < 4.78 is 6.01. The second-order valence-electron chi connectivity index (χ2n) is 7.14. The summed E-state index contributed by atoms with van der Waals surface area (Å²) in [5.41, 5.74) is 6.11. The SMILES string of the molecule is CC(C)(C)[Si](C)(C)OCCC(=CNNc1cc(C#N)ccn1)C(=O)O. The van der Waals surface area contributed by atoms with Crippen molar-refractivity contribution in [3.8, 4) is 6.07 Å².